The fourth-order valence-corrected chi connectivity index (χ4v) is 4.93. The summed E-state index contributed by atoms with van der Waals surface area (Å²) in [7, 11) is 0. The Kier molecular flexibility index (Phi) is 10.0. The summed E-state index contributed by atoms with van der Waals surface area (Å²) in [4.78, 5) is 23.3. The van der Waals surface area contributed by atoms with E-state index in [1.54, 1.807) is 18.2 Å². The predicted octanol–water partition coefficient (Wildman–Crippen LogP) is 4.54. The maximum atomic E-state index is 13.8. The quantitative estimate of drug-likeness (QED) is 0.173. The minimum atomic E-state index is -0.384. The van der Waals surface area contributed by atoms with Gasteiger partial charge in [0.1, 0.15) is 23.7 Å². The van der Waals surface area contributed by atoms with Crippen molar-refractivity contribution in [3.63, 3.8) is 0 Å². The Balaban J connectivity index is 0.000000648. The number of halogens is 2. The number of hydrogen-bond donors (Lipinski definition) is 4. The fourth-order valence-electron chi connectivity index (χ4n) is 4.73. The molecule has 0 radical (unpaired) electrons. The average molecular weight is 557 g/mol. The molecular formula is C28H34ClFN6O3. The lowest BCUT2D eigenvalue weighted by Gasteiger charge is -2.25. The zero-order valence-electron chi connectivity index (χ0n) is 22.1. The molecule has 5 rings (SSSR count). The number of phenolic OH excluding ortho intramolecular Hbond substituents is 1. The Morgan fingerprint density at radius 3 is 2.77 bits per heavy atom. The van der Waals surface area contributed by atoms with E-state index in [4.69, 9.17) is 16.3 Å². The van der Waals surface area contributed by atoms with Gasteiger partial charge < -0.3 is 25.8 Å². The van der Waals surface area contributed by atoms with Crippen LogP contribution in [0.25, 0.3) is 10.9 Å². The second-order valence-electron chi connectivity index (χ2n) is 9.30. The first-order chi connectivity index (χ1) is 18.9. The van der Waals surface area contributed by atoms with Crippen molar-refractivity contribution >= 4 is 45.6 Å². The molecule has 3 aromatic rings. The number of phenols is 1. The Bertz CT molecular complexity index is 1320. The zero-order valence-corrected chi connectivity index (χ0v) is 22.8. The number of carbonyl (C=O) groups excluding carboxylic acids is 1. The molecule has 2 unspecified atom stereocenters. The van der Waals surface area contributed by atoms with Crippen LogP contribution in [0.5, 0.6) is 5.75 Å². The normalized spacial score (nSPS) is 18.4. The highest BCUT2D eigenvalue weighted by Crippen LogP contribution is 2.32. The number of amides is 1. The van der Waals surface area contributed by atoms with Crippen molar-refractivity contribution in [3.05, 3.63) is 60.2 Å². The van der Waals surface area contributed by atoms with E-state index in [1.807, 2.05) is 19.9 Å². The lowest BCUT2D eigenvalue weighted by molar-refractivity contribution is -0.111. The molecule has 9 nitrogen and oxygen atoms in total. The molecule has 2 atom stereocenters. The van der Waals surface area contributed by atoms with Gasteiger partial charge in [0.15, 0.2) is 0 Å². The molecule has 0 saturated carbocycles. The molecule has 2 aliphatic rings. The van der Waals surface area contributed by atoms with Crippen LogP contribution in [-0.4, -0.2) is 70.8 Å². The summed E-state index contributed by atoms with van der Waals surface area (Å²) >= 11 is 5.81. The third-order valence-electron chi connectivity index (χ3n) is 6.65. The van der Waals surface area contributed by atoms with Crippen LogP contribution in [0.1, 0.15) is 25.8 Å². The van der Waals surface area contributed by atoms with Gasteiger partial charge in [0.25, 0.3) is 0 Å². The number of aromatic hydroxyl groups is 1. The number of benzene rings is 2. The summed E-state index contributed by atoms with van der Waals surface area (Å²) in [6.07, 6.45) is 5.84. The molecule has 39 heavy (non-hydrogen) atoms. The van der Waals surface area contributed by atoms with Crippen LogP contribution in [0.4, 0.5) is 21.6 Å². The summed E-state index contributed by atoms with van der Waals surface area (Å²) in [5, 5.41) is 20.3. The standard InChI is InChI=1S/C24H24ClFN6O2.C4H10O/c25-10-14-6-15(3-4-19(14)26)30-24-18-8-21(22(33)9-20(18)28-13-29-24)31-23(34)2-1-5-32-12-16-7-17(32)11-27-16;1-3-5-4-2/h1-4,6,8-9,13,16-17,27,33H,5,7,10-12H2,(H,31,34)(H,28,29,30);3-4H2,1-2H3/b2-1+;. The van der Waals surface area contributed by atoms with Gasteiger partial charge in [-0.25, -0.2) is 14.4 Å². The number of ether oxygens (including phenoxy) is 1. The number of carbonyl (C=O) groups is 1. The van der Waals surface area contributed by atoms with Gasteiger partial charge in [-0.05, 0) is 44.5 Å². The summed E-state index contributed by atoms with van der Waals surface area (Å²) in [5.41, 5.74) is 1.69. The summed E-state index contributed by atoms with van der Waals surface area (Å²) in [6.45, 7) is 8.38. The van der Waals surface area contributed by atoms with Crippen molar-refractivity contribution in [1.29, 1.82) is 0 Å². The second-order valence-corrected chi connectivity index (χ2v) is 9.56. The van der Waals surface area contributed by atoms with Crippen LogP contribution >= 0.6 is 11.6 Å². The summed E-state index contributed by atoms with van der Waals surface area (Å²) < 4.78 is 18.6. The molecule has 11 heteroatoms. The van der Waals surface area contributed by atoms with Crippen molar-refractivity contribution in [3.8, 4) is 5.75 Å². The first-order valence-corrected chi connectivity index (χ1v) is 13.6. The van der Waals surface area contributed by atoms with Gasteiger partial charge in [-0.15, -0.1) is 11.6 Å². The van der Waals surface area contributed by atoms with E-state index >= 15 is 0 Å². The second kappa shape index (κ2) is 13.7. The molecule has 0 spiro atoms. The Hall–Kier alpha value is -3.31. The first kappa shape index (κ1) is 28.7. The van der Waals surface area contributed by atoms with Crippen molar-refractivity contribution in [1.82, 2.24) is 20.2 Å². The Morgan fingerprint density at radius 2 is 2.10 bits per heavy atom. The van der Waals surface area contributed by atoms with E-state index in [0.717, 1.165) is 32.7 Å². The topological polar surface area (TPSA) is 112 Å². The van der Waals surface area contributed by atoms with Crippen LogP contribution in [0.3, 0.4) is 0 Å². The number of piperazine rings is 1. The molecule has 2 fully saturated rings. The van der Waals surface area contributed by atoms with E-state index in [2.05, 4.69) is 30.8 Å². The molecule has 2 aromatic carbocycles. The van der Waals surface area contributed by atoms with Crippen molar-refractivity contribution in [2.75, 3.05) is 43.5 Å². The number of nitrogens with one attached hydrogen (secondary N) is 3. The monoisotopic (exact) mass is 556 g/mol. The molecule has 0 aliphatic carbocycles. The molecule has 3 heterocycles. The first-order valence-electron chi connectivity index (χ1n) is 13.0. The zero-order chi connectivity index (χ0) is 27.8. The van der Waals surface area contributed by atoms with Gasteiger partial charge in [-0.1, -0.05) is 6.08 Å². The highest BCUT2D eigenvalue weighted by atomic mass is 35.5. The van der Waals surface area contributed by atoms with Crippen LogP contribution in [0.2, 0.25) is 0 Å². The van der Waals surface area contributed by atoms with Crippen LogP contribution in [0, 0.1) is 5.82 Å². The van der Waals surface area contributed by atoms with Crippen LogP contribution in [-0.2, 0) is 15.4 Å². The van der Waals surface area contributed by atoms with Crippen molar-refractivity contribution in [2.24, 2.45) is 0 Å². The number of likely N-dealkylation sites (tertiary alicyclic amines) is 1. The van der Waals surface area contributed by atoms with Crippen LogP contribution in [0.15, 0.2) is 48.8 Å². The van der Waals surface area contributed by atoms with E-state index in [-0.39, 0.29) is 29.0 Å². The summed E-state index contributed by atoms with van der Waals surface area (Å²) in [5.74, 6) is -0.341. The number of aromatic nitrogens is 2. The van der Waals surface area contributed by atoms with E-state index in [9.17, 15) is 14.3 Å². The van der Waals surface area contributed by atoms with Crippen molar-refractivity contribution in [2.45, 2.75) is 38.2 Å². The highest BCUT2D eigenvalue weighted by molar-refractivity contribution is 6.17. The van der Waals surface area contributed by atoms with Gasteiger partial charge >= 0.3 is 0 Å². The molecule has 1 amide bonds. The number of fused-ring (bicyclic) bond motifs is 3. The molecule has 208 valence electrons. The molecule has 2 aliphatic heterocycles. The Morgan fingerprint density at radius 1 is 1.28 bits per heavy atom. The number of hydrogen-bond acceptors (Lipinski definition) is 8. The van der Waals surface area contributed by atoms with Gasteiger partial charge in [-0.2, -0.15) is 0 Å². The average Bonchev–Trinajstić information content (AvgIpc) is 3.55. The maximum Gasteiger partial charge on any atom is 0.248 e. The molecule has 2 saturated heterocycles. The minimum absolute atomic E-state index is 0.0410. The Labute approximate surface area is 232 Å². The van der Waals surface area contributed by atoms with E-state index < -0.39 is 0 Å². The lowest BCUT2D eigenvalue weighted by Crippen LogP contribution is -2.43. The molecule has 2 bridgehead atoms. The number of rotatable bonds is 9. The molecular weight excluding hydrogens is 523 g/mol. The number of anilines is 3. The van der Waals surface area contributed by atoms with Crippen LogP contribution < -0.4 is 16.0 Å². The van der Waals surface area contributed by atoms with Gasteiger partial charge in [-0.3, -0.25) is 9.69 Å². The van der Waals surface area contributed by atoms with Gasteiger partial charge in [0.05, 0.1) is 17.1 Å². The number of nitrogens with zero attached hydrogens (tertiary/aromatic N) is 3. The number of alkyl halides is 1. The third-order valence-corrected chi connectivity index (χ3v) is 6.94. The largest absolute Gasteiger partial charge is 0.506 e. The third kappa shape index (κ3) is 7.42. The van der Waals surface area contributed by atoms with Crippen molar-refractivity contribution < 1.29 is 19.0 Å². The lowest BCUT2D eigenvalue weighted by atomic mass is 10.1. The fraction of sp³-hybridized carbons (Fsp3) is 0.393. The maximum absolute atomic E-state index is 13.8. The van der Waals surface area contributed by atoms with E-state index in [1.165, 1.54) is 24.5 Å². The van der Waals surface area contributed by atoms with Gasteiger partial charge in [0, 0.05) is 73.7 Å². The molecule has 1 aromatic heterocycles. The molecule has 4 N–H and O–H groups in total. The smallest absolute Gasteiger partial charge is 0.248 e. The summed E-state index contributed by atoms with van der Waals surface area (Å²) in [6, 6.07) is 8.68. The highest BCUT2D eigenvalue weighted by Gasteiger charge is 2.36. The minimum Gasteiger partial charge on any atom is -0.506 e. The SMILES string of the molecule is CCOCC.O=C(/C=C/CN1CC2CC1CN2)Nc1cc2c(Nc3ccc(F)c(CCl)c3)ncnc2cc1O. The predicted molar refractivity (Wildman–Crippen MR) is 152 cm³/mol. The van der Waals surface area contributed by atoms with E-state index in [0.29, 0.717) is 46.6 Å². The van der Waals surface area contributed by atoms with Gasteiger partial charge in [0.2, 0.25) is 5.91 Å².